The maximum Gasteiger partial charge on any atom is 0 e. The summed E-state index contributed by atoms with van der Waals surface area (Å²) >= 11 is 0. The van der Waals surface area contributed by atoms with E-state index in [-0.39, 0.29) is 59.5 Å². The van der Waals surface area contributed by atoms with Crippen molar-refractivity contribution in [1.82, 2.24) is 0 Å². The smallest absolute Gasteiger partial charge is 0 e. The second kappa shape index (κ2) is 23.7. The fourth-order valence-corrected chi connectivity index (χ4v) is 0. The van der Waals surface area contributed by atoms with Crippen molar-refractivity contribution in [2.75, 3.05) is 0 Å². The van der Waals surface area contributed by atoms with Gasteiger partial charge in [-0.15, -0.1) is 0 Å². The van der Waals surface area contributed by atoms with E-state index in [4.69, 9.17) is 0 Å². The molecule has 0 N–H and O–H groups in total. The van der Waals surface area contributed by atoms with E-state index in [1.54, 1.807) is 0 Å². The van der Waals surface area contributed by atoms with Crippen LogP contribution in [0.15, 0.2) is 0 Å². The van der Waals surface area contributed by atoms with Gasteiger partial charge in [0, 0.05) is 59.5 Å². The molecule has 0 aliphatic heterocycles. The van der Waals surface area contributed by atoms with Gasteiger partial charge in [0.05, 0.1) is 0 Å². The Labute approximate surface area is 59.3 Å². The van der Waals surface area contributed by atoms with Gasteiger partial charge < -0.3 is 0 Å². The first kappa shape index (κ1) is 47.3. The monoisotopic (exact) mass is 119 g/mol. The van der Waals surface area contributed by atoms with E-state index in [9.17, 15) is 0 Å². The minimum Gasteiger partial charge on any atom is 0 e. The average Bonchev–Trinajstić information content (AvgIpc) is 0. The first-order valence-electron chi connectivity index (χ1n) is 0. The van der Waals surface area contributed by atoms with Crippen LogP contribution in [-0.4, -0.2) is 42.4 Å². The quantitative estimate of drug-likeness (QED) is 0.353. The van der Waals surface area contributed by atoms with Crippen LogP contribution in [-0.2, 0) is 17.1 Å². The van der Waals surface area contributed by atoms with Crippen LogP contribution in [0.5, 0.6) is 0 Å². The van der Waals surface area contributed by atoms with E-state index >= 15 is 0 Å². The van der Waals surface area contributed by atoms with Crippen molar-refractivity contribution < 1.29 is 17.1 Å². The molecule has 9 radical (unpaired) electrons. The summed E-state index contributed by atoms with van der Waals surface area (Å²) in [5.41, 5.74) is 0. The molecule has 0 saturated heterocycles. The molecule has 0 amide bonds. The molecule has 0 bridgehead atoms. The Kier molecular flexibility index (Phi) is 280. The number of hydrogen-bond acceptors (Lipinski definition) is 0. The molecule has 0 spiro atoms. The molecule has 0 aromatic heterocycles. The largest absolute Gasteiger partial charge is 0 e. The van der Waals surface area contributed by atoms with Crippen LogP contribution >= 0.6 is 0 Å². The van der Waals surface area contributed by atoms with Gasteiger partial charge in [-0.2, -0.15) is 0 Å². The molecule has 0 fully saturated rings. The molecule has 0 rings (SSSR count). The molecule has 0 saturated carbocycles. The van der Waals surface area contributed by atoms with Crippen LogP contribution in [0, 0.1) is 0 Å². The van der Waals surface area contributed by atoms with Crippen LogP contribution in [0.1, 0.15) is 0 Å². The van der Waals surface area contributed by atoms with E-state index in [0.29, 0.717) is 0 Å². The molecule has 0 aliphatic rings. The molecule has 0 unspecified atom stereocenters. The van der Waals surface area contributed by atoms with Gasteiger partial charge in [0.25, 0.3) is 0 Å². The predicted octanol–water partition coefficient (Wildman–Crippen LogP) is -1.14. The summed E-state index contributed by atoms with van der Waals surface area (Å²) in [5, 5.41) is 0. The molecule has 0 aliphatic carbocycles. The van der Waals surface area contributed by atoms with Crippen LogP contribution in [0.25, 0.3) is 0 Å². The maximum absolute atomic E-state index is 0. The van der Waals surface area contributed by atoms with Gasteiger partial charge in [-0.05, 0) is 0 Å². The topological polar surface area (TPSA) is 0 Å². The summed E-state index contributed by atoms with van der Waals surface area (Å²) in [4.78, 5) is 0. The average molecular weight is 119 g/mol. The summed E-state index contributed by atoms with van der Waals surface area (Å²) in [7, 11) is 0. The minimum atomic E-state index is 0. The zero-order chi connectivity index (χ0) is 0. The Morgan fingerprint density at radius 2 is 1.00 bits per heavy atom. The summed E-state index contributed by atoms with van der Waals surface area (Å²) in [6.07, 6.45) is 0. The summed E-state index contributed by atoms with van der Waals surface area (Å²) in [5.74, 6) is 0. The van der Waals surface area contributed by atoms with Gasteiger partial charge in [0.15, 0.2) is 0 Å². The zero-order valence-corrected chi connectivity index (χ0v) is 5.66. The summed E-state index contributed by atoms with van der Waals surface area (Å²) < 4.78 is 0. The van der Waals surface area contributed by atoms with Crippen LogP contribution in [0.2, 0.25) is 0 Å². The van der Waals surface area contributed by atoms with Crippen molar-refractivity contribution in [2.45, 2.75) is 0 Å². The van der Waals surface area contributed by atoms with E-state index in [0.717, 1.165) is 0 Å². The standard InChI is InChI=1S/B.Fe.Mg.Si. The molecule has 17 valence electrons. The van der Waals surface area contributed by atoms with Gasteiger partial charge >= 0.3 is 0 Å². The molecular formula is BFeMgSi. The van der Waals surface area contributed by atoms with Crippen LogP contribution in [0.4, 0.5) is 0 Å². The van der Waals surface area contributed by atoms with Gasteiger partial charge in [0.2, 0.25) is 0 Å². The normalized spacial score (nSPS) is 0. The molecule has 0 atom stereocenters. The van der Waals surface area contributed by atoms with E-state index in [2.05, 4.69) is 0 Å². The molecule has 0 nitrogen and oxygen atoms in total. The Balaban J connectivity index is 0. The first-order chi connectivity index (χ1) is 0. The van der Waals surface area contributed by atoms with Crippen molar-refractivity contribution in [1.29, 1.82) is 0 Å². The van der Waals surface area contributed by atoms with Crippen LogP contribution < -0.4 is 0 Å². The maximum atomic E-state index is 0. The molecule has 0 aromatic carbocycles. The summed E-state index contributed by atoms with van der Waals surface area (Å²) in [6, 6.07) is 0. The Bertz CT molecular complexity index is 8.00. The number of hydrogen-bond donors (Lipinski definition) is 0. The van der Waals surface area contributed by atoms with Crippen molar-refractivity contribution >= 4 is 42.4 Å². The van der Waals surface area contributed by atoms with E-state index < -0.39 is 0 Å². The van der Waals surface area contributed by atoms with Crippen LogP contribution in [0.3, 0.4) is 0 Å². The third kappa shape index (κ3) is 9.57. The summed E-state index contributed by atoms with van der Waals surface area (Å²) in [6.45, 7) is 0. The third-order valence-electron chi connectivity index (χ3n) is 0. The van der Waals surface area contributed by atoms with Gasteiger partial charge in [-0.25, -0.2) is 0 Å². The Morgan fingerprint density at radius 1 is 1.00 bits per heavy atom. The first-order valence-corrected chi connectivity index (χ1v) is 0. The van der Waals surface area contributed by atoms with Crippen molar-refractivity contribution in [3.8, 4) is 0 Å². The van der Waals surface area contributed by atoms with Gasteiger partial charge in [0.1, 0.15) is 0 Å². The van der Waals surface area contributed by atoms with Crippen molar-refractivity contribution in [3.05, 3.63) is 0 Å². The molecule has 4 heteroatoms. The minimum absolute atomic E-state index is 0. The van der Waals surface area contributed by atoms with Gasteiger partial charge in [-0.3, -0.25) is 0 Å². The second-order valence-electron chi connectivity index (χ2n) is 0. The van der Waals surface area contributed by atoms with Crippen molar-refractivity contribution in [3.63, 3.8) is 0 Å². The fraction of sp³-hybridized carbons (Fsp3) is 0. The molecule has 0 heterocycles. The zero-order valence-electron chi connectivity index (χ0n) is 2.14. The SMILES string of the molecule is [B].[Fe].[Mg].[Si]. The van der Waals surface area contributed by atoms with E-state index in [1.165, 1.54) is 0 Å². The van der Waals surface area contributed by atoms with E-state index in [1.807, 2.05) is 0 Å². The predicted molar refractivity (Wildman–Crippen MR) is 17.3 cm³/mol. The Morgan fingerprint density at radius 3 is 1.00 bits per heavy atom. The fourth-order valence-electron chi connectivity index (χ4n) is 0. The molecule has 4 heavy (non-hydrogen) atoms. The second-order valence-corrected chi connectivity index (χ2v) is 0. The molecule has 0 aromatic rings. The Hall–Kier alpha value is 1.57. The van der Waals surface area contributed by atoms with Crippen molar-refractivity contribution in [2.24, 2.45) is 0 Å². The molecular weight excluding hydrogens is 119 g/mol. The van der Waals surface area contributed by atoms with Gasteiger partial charge in [-0.1, -0.05) is 0 Å². The third-order valence-corrected chi connectivity index (χ3v) is 0. The number of rotatable bonds is 0.